The third-order valence-corrected chi connectivity index (χ3v) is 6.07. The standard InChI is InChI=1S/C20H26F3N3O3.ClH/c1-24(17-6-2-3-7-18(17)25-8-4-5-9-25)19(27)12-14-10-15(20(21,22)23)13-16(11-14)26(28)29;/h10-11,13,17-18H,2-9,12H2,1H3;1H. The quantitative estimate of drug-likeness (QED) is 0.492. The van der Waals surface area contributed by atoms with Gasteiger partial charge in [-0.25, -0.2) is 0 Å². The van der Waals surface area contributed by atoms with E-state index in [2.05, 4.69) is 4.90 Å². The van der Waals surface area contributed by atoms with Gasteiger partial charge in [0.15, 0.2) is 0 Å². The molecule has 30 heavy (non-hydrogen) atoms. The fraction of sp³-hybridized carbons (Fsp3) is 0.650. The number of carbonyl (C=O) groups excluding carboxylic acids is 1. The average Bonchev–Trinajstić information content (AvgIpc) is 3.21. The maximum atomic E-state index is 13.1. The van der Waals surface area contributed by atoms with E-state index in [1.54, 1.807) is 11.9 Å². The van der Waals surface area contributed by atoms with Crippen LogP contribution in [0.15, 0.2) is 18.2 Å². The Morgan fingerprint density at radius 2 is 1.80 bits per heavy atom. The summed E-state index contributed by atoms with van der Waals surface area (Å²) < 4.78 is 39.3. The minimum absolute atomic E-state index is 0. The Morgan fingerprint density at radius 1 is 1.17 bits per heavy atom. The van der Waals surface area contributed by atoms with Gasteiger partial charge in [0.1, 0.15) is 0 Å². The number of alkyl halides is 3. The molecule has 0 spiro atoms. The molecule has 6 nitrogen and oxygen atoms in total. The lowest BCUT2D eigenvalue weighted by molar-refractivity contribution is -0.385. The van der Waals surface area contributed by atoms with E-state index < -0.39 is 22.4 Å². The number of non-ortho nitro benzene ring substituents is 1. The van der Waals surface area contributed by atoms with E-state index in [4.69, 9.17) is 0 Å². The van der Waals surface area contributed by atoms with Gasteiger partial charge in [-0.3, -0.25) is 19.8 Å². The van der Waals surface area contributed by atoms with Crippen LogP contribution in [0.5, 0.6) is 0 Å². The van der Waals surface area contributed by atoms with Crippen molar-refractivity contribution < 1.29 is 22.9 Å². The number of amides is 1. The van der Waals surface area contributed by atoms with Gasteiger partial charge in [0.25, 0.3) is 5.69 Å². The molecule has 0 radical (unpaired) electrons. The van der Waals surface area contributed by atoms with Crippen molar-refractivity contribution in [2.45, 2.75) is 63.2 Å². The Hall–Kier alpha value is -1.87. The highest BCUT2D eigenvalue weighted by Gasteiger charge is 2.36. The molecular weight excluding hydrogens is 423 g/mol. The van der Waals surface area contributed by atoms with Crippen molar-refractivity contribution in [2.75, 3.05) is 20.1 Å². The summed E-state index contributed by atoms with van der Waals surface area (Å²) in [5, 5.41) is 11.0. The number of carbonyl (C=O) groups is 1. The SMILES string of the molecule is CN(C(=O)Cc1cc([N+](=O)[O-])cc(C(F)(F)F)c1)C1CCCCC1N1CCCC1.Cl. The van der Waals surface area contributed by atoms with Crippen LogP contribution in [0.4, 0.5) is 18.9 Å². The van der Waals surface area contributed by atoms with Gasteiger partial charge in [-0.05, 0) is 50.4 Å². The van der Waals surface area contributed by atoms with Crippen LogP contribution in [0.1, 0.15) is 49.7 Å². The van der Waals surface area contributed by atoms with Crippen molar-refractivity contribution in [2.24, 2.45) is 0 Å². The molecule has 1 saturated heterocycles. The normalized spacial score (nSPS) is 22.4. The summed E-state index contributed by atoms with van der Waals surface area (Å²) in [4.78, 5) is 27.1. The Bertz CT molecular complexity index is 769. The van der Waals surface area contributed by atoms with Crippen molar-refractivity contribution >= 4 is 24.0 Å². The lowest BCUT2D eigenvalue weighted by Gasteiger charge is -2.42. The lowest BCUT2D eigenvalue weighted by Crippen LogP contribution is -2.53. The van der Waals surface area contributed by atoms with Gasteiger partial charge in [-0.15, -0.1) is 12.4 Å². The fourth-order valence-electron chi connectivity index (χ4n) is 4.57. The minimum atomic E-state index is -4.71. The Labute approximate surface area is 180 Å². The number of hydrogen-bond acceptors (Lipinski definition) is 4. The summed E-state index contributed by atoms with van der Waals surface area (Å²) in [5.41, 5.74) is -1.75. The first-order valence-electron chi connectivity index (χ1n) is 10.0. The second-order valence-corrected chi connectivity index (χ2v) is 7.99. The van der Waals surface area contributed by atoms with Gasteiger partial charge in [0, 0.05) is 31.3 Å². The predicted molar refractivity (Wildman–Crippen MR) is 109 cm³/mol. The van der Waals surface area contributed by atoms with E-state index in [9.17, 15) is 28.1 Å². The molecule has 168 valence electrons. The molecule has 2 unspecified atom stereocenters. The first kappa shape index (κ1) is 24.4. The number of halogens is 4. The van der Waals surface area contributed by atoms with E-state index in [-0.39, 0.29) is 42.4 Å². The maximum Gasteiger partial charge on any atom is 0.416 e. The van der Waals surface area contributed by atoms with E-state index in [0.717, 1.165) is 63.7 Å². The van der Waals surface area contributed by atoms with Crippen LogP contribution in [0.25, 0.3) is 0 Å². The van der Waals surface area contributed by atoms with Crippen molar-refractivity contribution in [1.29, 1.82) is 0 Å². The smallest absolute Gasteiger partial charge is 0.341 e. The monoisotopic (exact) mass is 449 g/mol. The van der Waals surface area contributed by atoms with Gasteiger partial charge in [0.05, 0.1) is 16.9 Å². The topological polar surface area (TPSA) is 66.7 Å². The molecule has 2 atom stereocenters. The van der Waals surface area contributed by atoms with Gasteiger partial charge in [-0.1, -0.05) is 12.8 Å². The van der Waals surface area contributed by atoms with Crippen LogP contribution in [-0.2, 0) is 17.4 Å². The summed E-state index contributed by atoms with van der Waals surface area (Å²) in [6, 6.07) is 2.69. The van der Waals surface area contributed by atoms with E-state index in [1.165, 1.54) is 0 Å². The molecule has 3 rings (SSSR count). The maximum absolute atomic E-state index is 13.1. The second kappa shape index (κ2) is 9.96. The molecule has 1 saturated carbocycles. The highest BCUT2D eigenvalue weighted by Crippen LogP contribution is 2.33. The van der Waals surface area contributed by atoms with E-state index in [0.29, 0.717) is 6.07 Å². The summed E-state index contributed by atoms with van der Waals surface area (Å²) in [6.45, 7) is 2.03. The lowest BCUT2D eigenvalue weighted by atomic mass is 9.88. The molecule has 1 heterocycles. The minimum Gasteiger partial charge on any atom is -0.341 e. The van der Waals surface area contributed by atoms with Crippen LogP contribution < -0.4 is 0 Å². The van der Waals surface area contributed by atoms with Crippen LogP contribution in [-0.4, -0.2) is 52.9 Å². The highest BCUT2D eigenvalue weighted by molar-refractivity contribution is 5.85. The Kier molecular flexibility index (Phi) is 8.10. The first-order chi connectivity index (χ1) is 13.7. The number of benzene rings is 1. The zero-order valence-corrected chi connectivity index (χ0v) is 17.7. The number of nitro benzene ring substituents is 1. The van der Waals surface area contributed by atoms with Gasteiger partial charge >= 0.3 is 6.18 Å². The van der Waals surface area contributed by atoms with Crippen molar-refractivity contribution in [3.05, 3.63) is 39.4 Å². The van der Waals surface area contributed by atoms with Gasteiger partial charge in [0.2, 0.25) is 5.91 Å². The molecule has 1 aliphatic carbocycles. The number of hydrogen-bond donors (Lipinski definition) is 0. The van der Waals surface area contributed by atoms with Crippen molar-refractivity contribution in [3.8, 4) is 0 Å². The third kappa shape index (κ3) is 5.63. The van der Waals surface area contributed by atoms with Gasteiger partial charge in [-0.2, -0.15) is 13.2 Å². The van der Waals surface area contributed by atoms with Crippen LogP contribution in [0.3, 0.4) is 0 Å². The molecule has 0 N–H and O–H groups in total. The predicted octanol–water partition coefficient (Wildman–Crippen LogP) is 4.44. The largest absolute Gasteiger partial charge is 0.416 e. The molecule has 2 aliphatic rings. The summed E-state index contributed by atoms with van der Waals surface area (Å²) in [6.07, 6.45) is 1.30. The zero-order valence-electron chi connectivity index (χ0n) is 16.9. The summed E-state index contributed by atoms with van der Waals surface area (Å²) in [7, 11) is 1.70. The molecule has 2 fully saturated rings. The average molecular weight is 450 g/mol. The number of likely N-dealkylation sites (tertiary alicyclic amines) is 1. The second-order valence-electron chi connectivity index (χ2n) is 7.99. The third-order valence-electron chi connectivity index (χ3n) is 6.07. The molecule has 0 aromatic heterocycles. The van der Waals surface area contributed by atoms with E-state index in [1.807, 2.05) is 0 Å². The van der Waals surface area contributed by atoms with Crippen LogP contribution >= 0.6 is 12.4 Å². The zero-order chi connectivity index (χ0) is 21.2. The fourth-order valence-corrected chi connectivity index (χ4v) is 4.57. The summed E-state index contributed by atoms with van der Waals surface area (Å²) >= 11 is 0. The first-order valence-corrected chi connectivity index (χ1v) is 10.0. The molecule has 1 amide bonds. The highest BCUT2D eigenvalue weighted by atomic mass is 35.5. The van der Waals surface area contributed by atoms with Crippen molar-refractivity contribution in [3.63, 3.8) is 0 Å². The Morgan fingerprint density at radius 3 is 2.40 bits per heavy atom. The van der Waals surface area contributed by atoms with Gasteiger partial charge < -0.3 is 4.90 Å². The number of rotatable bonds is 5. The van der Waals surface area contributed by atoms with Crippen molar-refractivity contribution in [1.82, 2.24) is 9.80 Å². The number of nitrogens with zero attached hydrogens (tertiary/aromatic N) is 3. The summed E-state index contributed by atoms with van der Waals surface area (Å²) in [5.74, 6) is -0.310. The number of likely N-dealkylation sites (N-methyl/N-ethyl adjacent to an activating group) is 1. The Balaban J connectivity index is 0.00000320. The van der Waals surface area contributed by atoms with E-state index >= 15 is 0 Å². The van der Waals surface area contributed by atoms with Crippen LogP contribution in [0.2, 0.25) is 0 Å². The number of nitro groups is 1. The molecule has 1 aromatic rings. The molecule has 1 aromatic carbocycles. The molecule has 10 heteroatoms. The van der Waals surface area contributed by atoms with Crippen LogP contribution in [0, 0.1) is 10.1 Å². The molecular formula is C20H27ClF3N3O3. The molecule has 1 aliphatic heterocycles. The molecule has 0 bridgehead atoms.